The highest BCUT2D eigenvalue weighted by Gasteiger charge is 2.22. The van der Waals surface area contributed by atoms with Gasteiger partial charge < -0.3 is 14.6 Å². The molecule has 0 radical (unpaired) electrons. The summed E-state index contributed by atoms with van der Waals surface area (Å²) < 4.78 is 12.0. The number of ether oxygens (including phenoxy) is 2. The Hall–Kier alpha value is -2.01. The van der Waals surface area contributed by atoms with Gasteiger partial charge in [0.25, 0.3) is 0 Å². The maximum atomic E-state index is 12.3. The molecule has 0 aliphatic carbocycles. The number of carbonyl (C=O) groups excluding carboxylic acids is 1. The van der Waals surface area contributed by atoms with Gasteiger partial charge in [0.05, 0.1) is 18.7 Å². The zero-order chi connectivity index (χ0) is 15.8. The van der Waals surface area contributed by atoms with Crippen molar-refractivity contribution in [1.29, 1.82) is 0 Å². The first-order valence-corrected chi connectivity index (χ1v) is 6.83. The highest BCUT2D eigenvalue weighted by molar-refractivity contribution is 5.93. The Kier molecular flexibility index (Phi) is 3.96. The highest BCUT2D eigenvalue weighted by atomic mass is 16.6. The van der Waals surface area contributed by atoms with Crippen molar-refractivity contribution in [1.82, 2.24) is 4.57 Å². The van der Waals surface area contributed by atoms with E-state index >= 15 is 0 Å². The van der Waals surface area contributed by atoms with Crippen LogP contribution in [0.15, 0.2) is 24.4 Å². The van der Waals surface area contributed by atoms with Gasteiger partial charge in [-0.15, -0.1) is 0 Å². The summed E-state index contributed by atoms with van der Waals surface area (Å²) in [6.45, 7) is 7.10. The second-order valence-corrected chi connectivity index (χ2v) is 5.99. The predicted octanol–water partition coefficient (Wildman–Crippen LogP) is 3.49. The number of fused-ring (bicyclic) bond motifs is 1. The third-order valence-electron chi connectivity index (χ3n) is 3.08. The molecule has 1 atom stereocenters. The SMILES string of the molecule is COc1ccc2c(c1)c(C(C)O)cn2C(=O)OC(C)(C)C. The lowest BCUT2D eigenvalue weighted by molar-refractivity contribution is 0.0544. The number of nitrogens with zero attached hydrogens (tertiary/aromatic N) is 1. The lowest BCUT2D eigenvalue weighted by Crippen LogP contribution is -2.26. The molecule has 1 N–H and O–H groups in total. The Bertz CT molecular complexity index is 665. The molecule has 5 nitrogen and oxygen atoms in total. The molecule has 2 aromatic rings. The quantitative estimate of drug-likeness (QED) is 0.920. The number of aliphatic hydroxyl groups excluding tert-OH is 1. The van der Waals surface area contributed by atoms with Crippen molar-refractivity contribution < 1.29 is 19.4 Å². The van der Waals surface area contributed by atoms with Gasteiger partial charge in [0.2, 0.25) is 0 Å². The van der Waals surface area contributed by atoms with Gasteiger partial charge >= 0.3 is 6.09 Å². The summed E-state index contributed by atoms with van der Waals surface area (Å²) in [4.78, 5) is 12.3. The van der Waals surface area contributed by atoms with E-state index in [4.69, 9.17) is 9.47 Å². The molecule has 5 heteroatoms. The van der Waals surface area contributed by atoms with E-state index in [9.17, 15) is 9.90 Å². The lowest BCUT2D eigenvalue weighted by Gasteiger charge is -2.19. The predicted molar refractivity (Wildman–Crippen MR) is 80.8 cm³/mol. The fraction of sp³-hybridized carbons (Fsp3) is 0.438. The third kappa shape index (κ3) is 3.19. The Morgan fingerprint density at radius 1 is 1.33 bits per heavy atom. The number of benzene rings is 1. The van der Waals surface area contributed by atoms with Crippen molar-refractivity contribution in [3.8, 4) is 5.75 Å². The van der Waals surface area contributed by atoms with E-state index in [0.29, 0.717) is 16.8 Å². The second kappa shape index (κ2) is 5.41. The molecule has 0 fully saturated rings. The summed E-state index contributed by atoms with van der Waals surface area (Å²) in [5.41, 5.74) is 0.765. The maximum Gasteiger partial charge on any atom is 0.419 e. The average Bonchev–Trinajstić information content (AvgIpc) is 2.75. The Balaban J connectivity index is 2.57. The van der Waals surface area contributed by atoms with Crippen molar-refractivity contribution in [3.05, 3.63) is 30.0 Å². The molecule has 0 aliphatic rings. The maximum absolute atomic E-state index is 12.3. The monoisotopic (exact) mass is 291 g/mol. The molecule has 0 bridgehead atoms. The van der Waals surface area contributed by atoms with Gasteiger partial charge in [-0.25, -0.2) is 4.79 Å². The zero-order valence-corrected chi connectivity index (χ0v) is 13.0. The molecule has 1 aromatic heterocycles. The number of rotatable bonds is 2. The Labute approximate surface area is 124 Å². The molecule has 114 valence electrons. The molecule has 0 saturated heterocycles. The summed E-state index contributed by atoms with van der Waals surface area (Å²) >= 11 is 0. The molecule has 0 aliphatic heterocycles. The lowest BCUT2D eigenvalue weighted by atomic mass is 10.1. The standard InChI is InChI=1S/C16H21NO4/c1-10(18)13-9-17(15(19)21-16(2,3)4)14-7-6-11(20-5)8-12(13)14/h6-10,18H,1-5H3. The normalized spacial score (nSPS) is 13.2. The van der Waals surface area contributed by atoms with Gasteiger partial charge in [-0.3, -0.25) is 4.57 Å². The van der Waals surface area contributed by atoms with E-state index in [1.165, 1.54) is 4.57 Å². The van der Waals surface area contributed by atoms with Gasteiger partial charge in [0, 0.05) is 17.1 Å². The Morgan fingerprint density at radius 2 is 2.00 bits per heavy atom. The minimum absolute atomic E-state index is 0.468. The average molecular weight is 291 g/mol. The van der Waals surface area contributed by atoms with Crippen molar-refractivity contribution in [2.45, 2.75) is 39.4 Å². The van der Waals surface area contributed by atoms with Crippen LogP contribution in [0.2, 0.25) is 0 Å². The largest absolute Gasteiger partial charge is 0.497 e. The van der Waals surface area contributed by atoms with E-state index in [1.807, 2.05) is 20.8 Å². The summed E-state index contributed by atoms with van der Waals surface area (Å²) in [5.74, 6) is 0.673. The van der Waals surface area contributed by atoms with Crippen LogP contribution in [-0.2, 0) is 4.74 Å². The number of aliphatic hydroxyl groups is 1. The van der Waals surface area contributed by atoms with Crippen LogP contribution in [0.5, 0.6) is 5.75 Å². The van der Waals surface area contributed by atoms with E-state index < -0.39 is 17.8 Å². The number of hydrogen-bond acceptors (Lipinski definition) is 4. The first-order valence-electron chi connectivity index (χ1n) is 6.83. The molecule has 1 unspecified atom stereocenters. The molecule has 21 heavy (non-hydrogen) atoms. The smallest absolute Gasteiger partial charge is 0.419 e. The summed E-state index contributed by atoms with van der Waals surface area (Å²) in [6.07, 6.45) is 0.455. The molecule has 2 rings (SSSR count). The van der Waals surface area contributed by atoms with Crippen LogP contribution in [0.4, 0.5) is 4.79 Å². The molecular formula is C16H21NO4. The third-order valence-corrected chi connectivity index (χ3v) is 3.08. The fourth-order valence-electron chi connectivity index (χ4n) is 2.16. The van der Waals surface area contributed by atoms with Crippen LogP contribution < -0.4 is 4.74 Å². The van der Waals surface area contributed by atoms with E-state index in [1.54, 1.807) is 38.4 Å². The van der Waals surface area contributed by atoms with Crippen LogP contribution in [0.25, 0.3) is 10.9 Å². The second-order valence-electron chi connectivity index (χ2n) is 5.99. The van der Waals surface area contributed by atoms with E-state index in [0.717, 1.165) is 5.39 Å². The van der Waals surface area contributed by atoms with Crippen LogP contribution in [0, 0.1) is 0 Å². The van der Waals surface area contributed by atoms with Crippen LogP contribution in [0.1, 0.15) is 39.4 Å². The fourth-order valence-corrected chi connectivity index (χ4v) is 2.16. The molecule has 0 amide bonds. The van der Waals surface area contributed by atoms with Crippen LogP contribution >= 0.6 is 0 Å². The van der Waals surface area contributed by atoms with Gasteiger partial charge in [-0.2, -0.15) is 0 Å². The minimum atomic E-state index is -0.691. The Morgan fingerprint density at radius 3 is 2.52 bits per heavy atom. The molecule has 1 heterocycles. The molecule has 1 aromatic carbocycles. The zero-order valence-electron chi connectivity index (χ0n) is 13.0. The summed E-state index contributed by atoms with van der Waals surface area (Å²) in [5, 5.41) is 10.7. The first kappa shape index (κ1) is 15.4. The van der Waals surface area contributed by atoms with Crippen molar-refractivity contribution >= 4 is 17.0 Å². The van der Waals surface area contributed by atoms with Gasteiger partial charge in [-0.05, 0) is 45.9 Å². The van der Waals surface area contributed by atoms with Gasteiger partial charge in [0.1, 0.15) is 11.4 Å². The topological polar surface area (TPSA) is 60.7 Å². The number of hydrogen-bond donors (Lipinski definition) is 1. The minimum Gasteiger partial charge on any atom is -0.497 e. The molecular weight excluding hydrogens is 270 g/mol. The van der Waals surface area contributed by atoms with Crippen LogP contribution in [0.3, 0.4) is 0 Å². The molecule has 0 spiro atoms. The van der Waals surface area contributed by atoms with Crippen molar-refractivity contribution in [2.24, 2.45) is 0 Å². The number of aromatic nitrogens is 1. The summed E-state index contributed by atoms with van der Waals surface area (Å²) in [6, 6.07) is 5.36. The first-order chi connectivity index (χ1) is 9.73. The van der Waals surface area contributed by atoms with Crippen LogP contribution in [-0.4, -0.2) is 28.5 Å². The number of carbonyl (C=O) groups is 1. The van der Waals surface area contributed by atoms with E-state index in [-0.39, 0.29) is 0 Å². The van der Waals surface area contributed by atoms with E-state index in [2.05, 4.69) is 0 Å². The van der Waals surface area contributed by atoms with Gasteiger partial charge in [0.15, 0.2) is 0 Å². The summed E-state index contributed by atoms with van der Waals surface area (Å²) in [7, 11) is 1.58. The molecule has 0 saturated carbocycles. The van der Waals surface area contributed by atoms with Crippen molar-refractivity contribution in [2.75, 3.05) is 7.11 Å². The van der Waals surface area contributed by atoms with Gasteiger partial charge in [-0.1, -0.05) is 0 Å². The van der Waals surface area contributed by atoms with Crippen molar-refractivity contribution in [3.63, 3.8) is 0 Å². The highest BCUT2D eigenvalue weighted by Crippen LogP contribution is 2.30. The number of methoxy groups -OCH3 is 1.